The van der Waals surface area contributed by atoms with Crippen LogP contribution in [0.1, 0.15) is 18.4 Å². The van der Waals surface area contributed by atoms with Gasteiger partial charge in [0.05, 0.1) is 16.9 Å². The first kappa shape index (κ1) is 22.2. The van der Waals surface area contributed by atoms with Gasteiger partial charge in [0.15, 0.2) is 0 Å². The number of carbonyl (C=O) groups excluding carboxylic acids is 2. The third-order valence-corrected chi connectivity index (χ3v) is 5.94. The van der Waals surface area contributed by atoms with Gasteiger partial charge in [0.1, 0.15) is 6.54 Å². The Morgan fingerprint density at radius 1 is 1.23 bits per heavy atom. The van der Waals surface area contributed by atoms with Gasteiger partial charge in [-0.2, -0.15) is 0 Å². The largest absolute Gasteiger partial charge is 0.350 e. The first-order valence-corrected chi connectivity index (χ1v) is 11.4. The second kappa shape index (κ2) is 9.13. The van der Waals surface area contributed by atoms with E-state index in [1.165, 1.54) is 18.2 Å². The molecule has 0 atom stereocenters. The summed E-state index contributed by atoms with van der Waals surface area (Å²) in [6.45, 7) is 0.271. The number of non-ortho nitro benzene ring substituents is 1. The smallest absolute Gasteiger partial charge is 0.271 e. The lowest BCUT2D eigenvalue weighted by Gasteiger charge is -2.22. The molecule has 11 heteroatoms. The van der Waals surface area contributed by atoms with E-state index in [2.05, 4.69) is 5.32 Å². The van der Waals surface area contributed by atoms with E-state index >= 15 is 0 Å². The van der Waals surface area contributed by atoms with Crippen LogP contribution >= 0.6 is 0 Å². The van der Waals surface area contributed by atoms with Gasteiger partial charge in [-0.15, -0.1) is 0 Å². The first-order valence-electron chi connectivity index (χ1n) is 9.53. The summed E-state index contributed by atoms with van der Waals surface area (Å²) >= 11 is 0. The molecule has 0 aliphatic carbocycles. The maximum absolute atomic E-state index is 12.4. The predicted octanol–water partition coefficient (Wildman–Crippen LogP) is 1.80. The van der Waals surface area contributed by atoms with E-state index in [1.54, 1.807) is 23.1 Å². The summed E-state index contributed by atoms with van der Waals surface area (Å²) in [4.78, 5) is 36.4. The fraction of sp³-hybridized carbons (Fsp3) is 0.300. The van der Waals surface area contributed by atoms with Gasteiger partial charge in [-0.3, -0.25) is 24.0 Å². The molecule has 1 N–H and O–H groups in total. The molecule has 0 spiro atoms. The molecular weight excluding hydrogens is 424 g/mol. The van der Waals surface area contributed by atoms with E-state index in [0.29, 0.717) is 13.0 Å². The second-order valence-corrected chi connectivity index (χ2v) is 9.05. The fourth-order valence-corrected chi connectivity index (χ4v) is 4.15. The van der Waals surface area contributed by atoms with Crippen molar-refractivity contribution in [2.75, 3.05) is 28.6 Å². The highest BCUT2D eigenvalue weighted by atomic mass is 32.2. The average Bonchev–Trinajstić information content (AvgIpc) is 3.16. The van der Waals surface area contributed by atoms with Crippen LogP contribution < -0.4 is 14.5 Å². The zero-order valence-electron chi connectivity index (χ0n) is 16.9. The van der Waals surface area contributed by atoms with Crippen LogP contribution in [-0.2, 0) is 26.2 Å². The Morgan fingerprint density at radius 3 is 2.61 bits per heavy atom. The van der Waals surface area contributed by atoms with Crippen molar-refractivity contribution in [3.05, 3.63) is 64.2 Å². The van der Waals surface area contributed by atoms with Crippen LogP contribution in [0.15, 0.2) is 48.5 Å². The third-order valence-electron chi connectivity index (χ3n) is 4.80. The van der Waals surface area contributed by atoms with Gasteiger partial charge in [0.2, 0.25) is 21.8 Å². The summed E-state index contributed by atoms with van der Waals surface area (Å²) in [7, 11) is -3.86. The van der Waals surface area contributed by atoms with Crippen LogP contribution in [0.4, 0.5) is 17.1 Å². The summed E-state index contributed by atoms with van der Waals surface area (Å²) in [6, 6.07) is 12.3. The molecule has 31 heavy (non-hydrogen) atoms. The number of amides is 2. The third kappa shape index (κ3) is 5.57. The number of nitrogens with zero attached hydrogens (tertiary/aromatic N) is 3. The highest BCUT2D eigenvalue weighted by Gasteiger charge is 2.23. The van der Waals surface area contributed by atoms with Crippen molar-refractivity contribution < 1.29 is 22.9 Å². The van der Waals surface area contributed by atoms with E-state index in [0.717, 1.165) is 34.3 Å². The van der Waals surface area contributed by atoms with E-state index in [4.69, 9.17) is 0 Å². The Kier molecular flexibility index (Phi) is 6.54. The van der Waals surface area contributed by atoms with Crippen molar-refractivity contribution in [3.8, 4) is 0 Å². The lowest BCUT2D eigenvalue weighted by atomic mass is 10.2. The van der Waals surface area contributed by atoms with Crippen molar-refractivity contribution in [1.82, 2.24) is 5.32 Å². The maximum atomic E-state index is 12.4. The molecule has 3 rings (SSSR count). The van der Waals surface area contributed by atoms with Crippen LogP contribution in [0, 0.1) is 10.1 Å². The van der Waals surface area contributed by atoms with Crippen molar-refractivity contribution in [2.45, 2.75) is 19.4 Å². The maximum Gasteiger partial charge on any atom is 0.271 e. The van der Waals surface area contributed by atoms with E-state index in [9.17, 15) is 28.1 Å². The zero-order valence-corrected chi connectivity index (χ0v) is 17.7. The molecule has 1 saturated heterocycles. The molecule has 0 saturated carbocycles. The summed E-state index contributed by atoms with van der Waals surface area (Å²) in [5, 5.41) is 13.6. The van der Waals surface area contributed by atoms with E-state index in [1.807, 2.05) is 6.07 Å². The number of hydrogen-bond donors (Lipinski definition) is 1. The Hall–Kier alpha value is -3.47. The minimum atomic E-state index is -3.86. The monoisotopic (exact) mass is 446 g/mol. The van der Waals surface area contributed by atoms with Gasteiger partial charge >= 0.3 is 0 Å². The molecule has 1 aliphatic heterocycles. The van der Waals surface area contributed by atoms with Gasteiger partial charge in [-0.1, -0.05) is 18.2 Å². The SMILES string of the molecule is CS(=O)(=O)N(CC(=O)NCc1cccc(N2CCCC2=O)c1)c1cccc([N+](=O)[O-])c1. The van der Waals surface area contributed by atoms with Gasteiger partial charge in [-0.25, -0.2) is 8.42 Å². The van der Waals surface area contributed by atoms with Crippen molar-refractivity contribution in [1.29, 1.82) is 0 Å². The Bertz CT molecular complexity index is 1120. The number of rotatable bonds is 8. The standard InChI is InChI=1S/C20H22N4O6S/c1-31(29,30)23(17-7-3-8-18(12-17)24(27)28)14-19(25)21-13-15-5-2-6-16(11-15)22-10-4-9-20(22)26/h2-3,5-8,11-12H,4,9-10,13-14H2,1H3,(H,21,25). The van der Waals surface area contributed by atoms with Gasteiger partial charge in [0, 0.05) is 37.3 Å². The van der Waals surface area contributed by atoms with Crippen LogP contribution in [0.3, 0.4) is 0 Å². The number of carbonyl (C=O) groups is 2. The number of benzene rings is 2. The van der Waals surface area contributed by atoms with Crippen LogP contribution in [-0.4, -0.2) is 44.5 Å². The molecule has 0 unspecified atom stereocenters. The van der Waals surface area contributed by atoms with Gasteiger partial charge < -0.3 is 10.2 Å². The van der Waals surface area contributed by atoms with Crippen LogP contribution in [0.2, 0.25) is 0 Å². The molecule has 10 nitrogen and oxygen atoms in total. The minimum Gasteiger partial charge on any atom is -0.350 e. The summed E-state index contributed by atoms with van der Waals surface area (Å²) in [5.41, 5.74) is 1.26. The first-order chi connectivity index (χ1) is 14.6. The molecule has 0 radical (unpaired) electrons. The fourth-order valence-electron chi connectivity index (χ4n) is 3.30. The number of nitro benzene ring substituents is 1. The van der Waals surface area contributed by atoms with Crippen molar-refractivity contribution in [2.24, 2.45) is 0 Å². The predicted molar refractivity (Wildman–Crippen MR) is 115 cm³/mol. The molecule has 0 bridgehead atoms. The van der Waals surface area contributed by atoms with Crippen molar-refractivity contribution >= 4 is 38.9 Å². The lowest BCUT2D eigenvalue weighted by Crippen LogP contribution is -2.40. The van der Waals surface area contributed by atoms with E-state index in [-0.39, 0.29) is 23.8 Å². The topological polar surface area (TPSA) is 130 Å². The highest BCUT2D eigenvalue weighted by Crippen LogP contribution is 2.24. The van der Waals surface area contributed by atoms with Crippen molar-refractivity contribution in [3.63, 3.8) is 0 Å². The highest BCUT2D eigenvalue weighted by molar-refractivity contribution is 7.92. The molecule has 2 amide bonds. The van der Waals surface area contributed by atoms with E-state index < -0.39 is 27.4 Å². The molecule has 1 fully saturated rings. The Morgan fingerprint density at radius 2 is 1.97 bits per heavy atom. The zero-order chi connectivity index (χ0) is 22.6. The molecule has 2 aromatic rings. The second-order valence-electron chi connectivity index (χ2n) is 7.14. The molecular formula is C20H22N4O6S. The van der Waals surface area contributed by atoms with Gasteiger partial charge in [0.25, 0.3) is 5.69 Å². The van der Waals surface area contributed by atoms with Crippen LogP contribution in [0.25, 0.3) is 0 Å². The number of nitro groups is 1. The number of nitrogens with one attached hydrogen (secondary N) is 1. The lowest BCUT2D eigenvalue weighted by molar-refractivity contribution is -0.384. The molecule has 1 aliphatic rings. The molecule has 2 aromatic carbocycles. The molecule has 164 valence electrons. The number of sulfonamides is 1. The minimum absolute atomic E-state index is 0.0291. The summed E-state index contributed by atoms with van der Waals surface area (Å²) in [5.74, 6) is -0.512. The Labute approximate surface area is 179 Å². The molecule has 0 aromatic heterocycles. The Balaban J connectivity index is 1.69. The van der Waals surface area contributed by atoms with Gasteiger partial charge in [-0.05, 0) is 30.2 Å². The number of hydrogen-bond acceptors (Lipinski definition) is 6. The van der Waals surface area contributed by atoms with Crippen LogP contribution in [0.5, 0.6) is 0 Å². The average molecular weight is 446 g/mol. The normalized spacial score (nSPS) is 13.8. The summed E-state index contributed by atoms with van der Waals surface area (Å²) in [6.07, 6.45) is 2.24. The quantitative estimate of drug-likeness (QED) is 0.486. The number of anilines is 2. The summed E-state index contributed by atoms with van der Waals surface area (Å²) < 4.78 is 25.2. The molecule has 1 heterocycles.